The van der Waals surface area contributed by atoms with E-state index in [0.717, 1.165) is 18.9 Å². The Bertz CT molecular complexity index is 1240. The van der Waals surface area contributed by atoms with Gasteiger partial charge in [-0.15, -0.1) is 0 Å². The van der Waals surface area contributed by atoms with Crippen LogP contribution >= 0.6 is 0 Å². The minimum Gasteiger partial charge on any atom is -0.494 e. The Labute approximate surface area is 226 Å². The van der Waals surface area contributed by atoms with Crippen molar-refractivity contribution in [3.8, 4) is 5.75 Å². The predicted molar refractivity (Wildman–Crippen MR) is 140 cm³/mol. The first-order valence-electron chi connectivity index (χ1n) is 13.7. The van der Waals surface area contributed by atoms with E-state index in [1.807, 2.05) is 24.3 Å². The highest BCUT2D eigenvalue weighted by atomic mass is 19.3. The van der Waals surface area contributed by atoms with E-state index in [1.165, 1.54) is 12.8 Å². The Morgan fingerprint density at radius 2 is 2.15 bits per heavy atom. The molecule has 3 heterocycles. The van der Waals surface area contributed by atoms with Gasteiger partial charge >= 0.3 is 0 Å². The number of benzene rings is 1. The molecule has 11 heteroatoms. The third-order valence-corrected chi connectivity index (χ3v) is 7.19. The highest BCUT2D eigenvalue weighted by Gasteiger charge is 2.33. The van der Waals surface area contributed by atoms with Crippen molar-refractivity contribution < 1.29 is 27.9 Å². The summed E-state index contributed by atoms with van der Waals surface area (Å²) in [4.78, 5) is 31.1. The number of rotatable bonds is 13. The monoisotopic (exact) mass is 543 g/mol. The second-order valence-corrected chi connectivity index (χ2v) is 10.7. The number of hydrogen-bond donors (Lipinski definition) is 3. The zero-order valence-corrected chi connectivity index (χ0v) is 22.1. The highest BCUT2D eigenvalue weighted by Crippen LogP contribution is 2.34. The van der Waals surface area contributed by atoms with Crippen LogP contribution in [0.4, 0.5) is 14.6 Å². The second-order valence-electron chi connectivity index (χ2n) is 10.7. The van der Waals surface area contributed by atoms with Gasteiger partial charge in [-0.05, 0) is 62.3 Å². The number of aromatic nitrogens is 2. The second kappa shape index (κ2) is 11.7. The van der Waals surface area contributed by atoms with Crippen LogP contribution in [-0.2, 0) is 29.0 Å². The minimum atomic E-state index is -2.69. The third-order valence-electron chi connectivity index (χ3n) is 7.19. The van der Waals surface area contributed by atoms with Gasteiger partial charge in [0.25, 0.3) is 11.8 Å². The number of halogens is 2. The number of nitrogens with one attached hydrogen (secondary N) is 3. The van der Waals surface area contributed by atoms with Crippen molar-refractivity contribution >= 4 is 17.6 Å². The predicted octanol–water partition coefficient (Wildman–Crippen LogP) is 4.14. The van der Waals surface area contributed by atoms with E-state index < -0.39 is 11.8 Å². The molecule has 1 aromatic heterocycles. The molecule has 0 bridgehead atoms. The van der Waals surface area contributed by atoms with Crippen LogP contribution in [0.25, 0.3) is 0 Å². The molecule has 0 saturated heterocycles. The molecule has 3 aliphatic rings. The van der Waals surface area contributed by atoms with Crippen molar-refractivity contribution in [1.29, 1.82) is 0 Å². The molecular weight excluding hydrogens is 508 g/mol. The summed E-state index contributed by atoms with van der Waals surface area (Å²) in [5.41, 5.74) is 4.76. The summed E-state index contributed by atoms with van der Waals surface area (Å²) in [5.74, 6) is -1.46. The van der Waals surface area contributed by atoms with E-state index >= 15 is 0 Å². The lowest BCUT2D eigenvalue weighted by molar-refractivity contribution is -0.116. The summed E-state index contributed by atoms with van der Waals surface area (Å²) in [6.45, 7) is 2.22. The van der Waals surface area contributed by atoms with E-state index in [4.69, 9.17) is 14.7 Å². The molecule has 3 N–H and O–H groups in total. The highest BCUT2D eigenvalue weighted by molar-refractivity contribution is 6.08. The molecule has 39 heavy (non-hydrogen) atoms. The maximum atomic E-state index is 13.2. The number of amides is 2. The van der Waals surface area contributed by atoms with Gasteiger partial charge in [0.2, 0.25) is 11.7 Å². The van der Waals surface area contributed by atoms with Gasteiger partial charge in [-0.3, -0.25) is 9.59 Å². The molecule has 2 aliphatic heterocycles. The number of anilines is 1. The van der Waals surface area contributed by atoms with E-state index in [1.54, 1.807) is 10.8 Å². The number of nitrogens with zero attached hydrogens (tertiary/aromatic N) is 2. The fourth-order valence-electron chi connectivity index (χ4n) is 4.92. The number of ether oxygens (including phenoxy) is 1. The number of aryl methyl sites for hydroxylation is 2. The Hall–Kier alpha value is -3.47. The SMILES string of the molecule is CC(F)(F)CCCOc1cccc(CC[C@H]2Cc3nn(CCC4CC4)c(NC(=O)C4=CCNO4)c3C(=O)N2)c1. The lowest BCUT2D eigenvalue weighted by Crippen LogP contribution is -2.41. The van der Waals surface area contributed by atoms with Crippen LogP contribution in [0.5, 0.6) is 5.75 Å². The van der Waals surface area contributed by atoms with Gasteiger partial charge in [0.15, 0.2) is 0 Å². The van der Waals surface area contributed by atoms with E-state index in [2.05, 4.69) is 16.1 Å². The number of carbonyl (C=O) groups excluding carboxylic acids is 2. The van der Waals surface area contributed by atoms with Crippen molar-refractivity contribution in [2.45, 2.75) is 76.8 Å². The zero-order valence-electron chi connectivity index (χ0n) is 22.1. The van der Waals surface area contributed by atoms with Gasteiger partial charge in [0.1, 0.15) is 17.1 Å². The van der Waals surface area contributed by atoms with Crippen molar-refractivity contribution in [2.75, 3.05) is 18.5 Å². The standard InChI is InChI=1S/C28H35F2N5O4/c1-28(29,30)12-3-15-38-21-5-2-4-19(16-21)8-9-20-17-22-24(27(37)32-20)25(33-26(36)23-10-13-31-39-23)35(34-22)14-11-18-6-7-18/h2,4-5,10,16,18,20,31H,3,6-9,11-15,17H2,1H3,(H,32,37)(H,33,36)/t20-/m0/s1. The fourth-order valence-corrected chi connectivity index (χ4v) is 4.92. The molecule has 0 spiro atoms. The Balaban J connectivity index is 1.21. The molecule has 9 nitrogen and oxygen atoms in total. The topological polar surface area (TPSA) is 107 Å². The largest absolute Gasteiger partial charge is 0.494 e. The minimum absolute atomic E-state index is 0.109. The van der Waals surface area contributed by atoms with Crippen molar-refractivity contribution in [2.24, 2.45) is 5.92 Å². The number of hydroxylamine groups is 1. The van der Waals surface area contributed by atoms with Gasteiger partial charge < -0.3 is 20.2 Å². The molecule has 2 amide bonds. The van der Waals surface area contributed by atoms with Crippen LogP contribution in [0.3, 0.4) is 0 Å². The number of carbonyl (C=O) groups is 2. The van der Waals surface area contributed by atoms with Crippen LogP contribution in [-0.4, -0.2) is 46.7 Å². The number of alkyl halides is 2. The first kappa shape index (κ1) is 27.1. The summed E-state index contributed by atoms with van der Waals surface area (Å²) in [5, 5.41) is 10.7. The van der Waals surface area contributed by atoms with Crippen molar-refractivity contribution in [3.63, 3.8) is 0 Å². The quantitative estimate of drug-likeness (QED) is 0.328. The third kappa shape index (κ3) is 7.35. The van der Waals surface area contributed by atoms with Gasteiger partial charge in [0.05, 0.1) is 18.8 Å². The molecule has 1 fully saturated rings. The lowest BCUT2D eigenvalue weighted by atomic mass is 9.96. The van der Waals surface area contributed by atoms with Gasteiger partial charge in [-0.1, -0.05) is 25.0 Å². The zero-order chi connectivity index (χ0) is 27.4. The summed E-state index contributed by atoms with van der Waals surface area (Å²) in [6, 6.07) is 7.48. The fraction of sp³-hybridized carbons (Fsp3) is 0.536. The molecule has 1 aliphatic carbocycles. The van der Waals surface area contributed by atoms with Crippen molar-refractivity contribution in [1.82, 2.24) is 20.6 Å². The molecule has 1 aromatic carbocycles. The van der Waals surface area contributed by atoms with Crippen molar-refractivity contribution in [3.05, 3.63) is 52.9 Å². The molecule has 210 valence electrons. The van der Waals surface area contributed by atoms with Gasteiger partial charge in [-0.2, -0.15) is 10.6 Å². The Morgan fingerprint density at radius 1 is 1.31 bits per heavy atom. The Kier molecular flexibility index (Phi) is 8.15. The first-order valence-corrected chi connectivity index (χ1v) is 13.7. The molecular formula is C28H35F2N5O4. The number of fused-ring (bicyclic) bond motifs is 1. The van der Waals surface area contributed by atoms with Crippen LogP contribution in [0.2, 0.25) is 0 Å². The van der Waals surface area contributed by atoms with E-state index in [9.17, 15) is 18.4 Å². The van der Waals surface area contributed by atoms with Crippen LogP contribution < -0.4 is 20.9 Å². The Morgan fingerprint density at radius 3 is 2.90 bits per heavy atom. The maximum absolute atomic E-state index is 13.2. The smallest absolute Gasteiger partial charge is 0.294 e. The molecule has 5 rings (SSSR count). The molecule has 1 saturated carbocycles. The van der Waals surface area contributed by atoms with Crippen LogP contribution in [0, 0.1) is 5.92 Å². The average molecular weight is 544 g/mol. The normalized spacial score (nSPS) is 18.7. The van der Waals surface area contributed by atoms with E-state index in [0.29, 0.717) is 61.1 Å². The summed E-state index contributed by atoms with van der Waals surface area (Å²) in [6.07, 6.45) is 7.04. The maximum Gasteiger partial charge on any atom is 0.294 e. The van der Waals surface area contributed by atoms with Gasteiger partial charge in [-0.25, -0.2) is 13.5 Å². The van der Waals surface area contributed by atoms with Gasteiger partial charge in [0, 0.05) is 25.4 Å². The summed E-state index contributed by atoms with van der Waals surface area (Å²) >= 11 is 0. The van der Waals surface area contributed by atoms with E-state index in [-0.39, 0.29) is 37.2 Å². The lowest BCUT2D eigenvalue weighted by Gasteiger charge is -2.23. The van der Waals surface area contributed by atoms with Crippen LogP contribution in [0.15, 0.2) is 36.1 Å². The molecule has 0 radical (unpaired) electrons. The van der Waals surface area contributed by atoms with Crippen LogP contribution in [0.1, 0.15) is 67.1 Å². The summed E-state index contributed by atoms with van der Waals surface area (Å²) < 4.78 is 33.4. The number of hydrogen-bond acceptors (Lipinski definition) is 6. The molecule has 1 atom stereocenters. The summed E-state index contributed by atoms with van der Waals surface area (Å²) in [7, 11) is 0. The average Bonchev–Trinajstić information content (AvgIpc) is 3.42. The first-order chi connectivity index (χ1) is 18.7. The molecule has 2 aromatic rings. The molecule has 0 unspecified atom stereocenters.